The summed E-state index contributed by atoms with van der Waals surface area (Å²) in [6, 6.07) is 2.16. The first kappa shape index (κ1) is 11.0. The van der Waals surface area contributed by atoms with Crippen molar-refractivity contribution in [2.75, 3.05) is 7.11 Å². The molecule has 0 amide bonds. The minimum absolute atomic E-state index is 0.147. The number of methoxy groups -OCH3 is 1. The second kappa shape index (κ2) is 3.49. The summed E-state index contributed by atoms with van der Waals surface area (Å²) in [6.45, 7) is 4.19. The SMILES string of the molecule is COc1c(C2(N)CC2)cc(C)c(C)c1Br. The molecule has 0 bridgehead atoms. The van der Waals surface area contributed by atoms with Crippen LogP contribution in [0.3, 0.4) is 0 Å². The molecule has 1 aliphatic rings. The molecular weight excluding hydrogens is 254 g/mol. The van der Waals surface area contributed by atoms with Crippen LogP contribution in [-0.4, -0.2) is 7.11 Å². The van der Waals surface area contributed by atoms with Crippen molar-refractivity contribution in [2.45, 2.75) is 32.2 Å². The number of hydrogen-bond acceptors (Lipinski definition) is 2. The van der Waals surface area contributed by atoms with Crippen molar-refractivity contribution in [3.8, 4) is 5.75 Å². The van der Waals surface area contributed by atoms with E-state index >= 15 is 0 Å². The third-order valence-corrected chi connectivity index (χ3v) is 4.21. The summed E-state index contributed by atoms with van der Waals surface area (Å²) in [5.74, 6) is 0.901. The van der Waals surface area contributed by atoms with Crippen molar-refractivity contribution in [3.05, 3.63) is 27.2 Å². The first-order valence-corrected chi connectivity index (χ1v) is 5.92. The standard InChI is InChI=1S/C12H16BrNO/c1-7-6-9(12(14)4-5-12)11(15-3)10(13)8(7)2/h6H,4-5,14H2,1-3H3. The van der Waals surface area contributed by atoms with Crippen LogP contribution in [0.25, 0.3) is 0 Å². The summed E-state index contributed by atoms with van der Waals surface area (Å²) in [4.78, 5) is 0. The average Bonchev–Trinajstić information content (AvgIpc) is 2.94. The van der Waals surface area contributed by atoms with E-state index in [0.29, 0.717) is 0 Å². The molecule has 82 valence electrons. The van der Waals surface area contributed by atoms with Crippen LogP contribution >= 0.6 is 15.9 Å². The summed E-state index contributed by atoms with van der Waals surface area (Å²) in [7, 11) is 1.70. The Morgan fingerprint density at radius 3 is 2.47 bits per heavy atom. The van der Waals surface area contributed by atoms with Crippen molar-refractivity contribution in [2.24, 2.45) is 5.73 Å². The molecule has 2 N–H and O–H groups in total. The van der Waals surface area contributed by atoms with E-state index in [-0.39, 0.29) is 5.54 Å². The van der Waals surface area contributed by atoms with E-state index < -0.39 is 0 Å². The van der Waals surface area contributed by atoms with E-state index in [4.69, 9.17) is 10.5 Å². The third kappa shape index (κ3) is 1.68. The maximum absolute atomic E-state index is 6.23. The van der Waals surface area contributed by atoms with Crippen molar-refractivity contribution in [3.63, 3.8) is 0 Å². The van der Waals surface area contributed by atoms with E-state index in [2.05, 4.69) is 35.8 Å². The Bertz CT molecular complexity index is 411. The van der Waals surface area contributed by atoms with Crippen molar-refractivity contribution < 1.29 is 4.74 Å². The fourth-order valence-electron chi connectivity index (χ4n) is 1.83. The first-order valence-electron chi connectivity index (χ1n) is 5.12. The topological polar surface area (TPSA) is 35.2 Å². The summed E-state index contributed by atoms with van der Waals surface area (Å²) < 4.78 is 6.49. The minimum Gasteiger partial charge on any atom is -0.495 e. The Morgan fingerprint density at radius 2 is 2.00 bits per heavy atom. The van der Waals surface area contributed by atoms with Crippen LogP contribution in [0.1, 0.15) is 29.5 Å². The molecule has 1 aliphatic carbocycles. The summed E-state index contributed by atoms with van der Waals surface area (Å²) >= 11 is 3.58. The Morgan fingerprint density at radius 1 is 1.40 bits per heavy atom. The first-order chi connectivity index (χ1) is 6.99. The molecule has 0 spiro atoms. The van der Waals surface area contributed by atoms with Gasteiger partial charge in [0.05, 0.1) is 11.6 Å². The smallest absolute Gasteiger partial charge is 0.138 e. The van der Waals surface area contributed by atoms with Gasteiger partial charge in [-0.3, -0.25) is 0 Å². The fraction of sp³-hybridized carbons (Fsp3) is 0.500. The second-order valence-corrected chi connectivity index (χ2v) is 5.16. The van der Waals surface area contributed by atoms with Crippen molar-refractivity contribution in [1.29, 1.82) is 0 Å². The normalized spacial score (nSPS) is 17.7. The Labute approximate surface area is 98.9 Å². The van der Waals surface area contributed by atoms with E-state index in [1.165, 1.54) is 11.1 Å². The van der Waals surface area contributed by atoms with E-state index in [1.807, 2.05) is 0 Å². The molecule has 1 aromatic rings. The molecule has 2 rings (SSSR count). The largest absolute Gasteiger partial charge is 0.495 e. The van der Waals surface area contributed by atoms with E-state index in [9.17, 15) is 0 Å². The highest BCUT2D eigenvalue weighted by atomic mass is 79.9. The number of nitrogens with two attached hydrogens (primary N) is 1. The van der Waals surface area contributed by atoms with Gasteiger partial charge in [-0.2, -0.15) is 0 Å². The van der Waals surface area contributed by atoms with Gasteiger partial charge in [-0.05, 0) is 53.7 Å². The predicted octanol–water partition coefficient (Wildman–Crippen LogP) is 3.02. The quantitative estimate of drug-likeness (QED) is 0.896. The number of halogens is 1. The Balaban J connectivity index is 2.63. The molecule has 0 heterocycles. The molecule has 0 radical (unpaired) electrons. The second-order valence-electron chi connectivity index (χ2n) is 4.37. The van der Waals surface area contributed by atoms with Gasteiger partial charge in [-0.15, -0.1) is 0 Å². The van der Waals surface area contributed by atoms with Crippen LogP contribution in [0.15, 0.2) is 10.5 Å². The number of hydrogen-bond donors (Lipinski definition) is 1. The van der Waals surface area contributed by atoms with Crippen LogP contribution in [0.2, 0.25) is 0 Å². The molecular formula is C12H16BrNO. The number of aryl methyl sites for hydroxylation is 1. The molecule has 0 atom stereocenters. The average molecular weight is 270 g/mol. The molecule has 0 unspecified atom stereocenters. The fourth-order valence-corrected chi connectivity index (χ4v) is 2.51. The lowest BCUT2D eigenvalue weighted by molar-refractivity contribution is 0.401. The summed E-state index contributed by atoms with van der Waals surface area (Å²) in [5.41, 5.74) is 9.70. The molecule has 0 aromatic heterocycles. The van der Waals surface area contributed by atoms with Crippen molar-refractivity contribution in [1.82, 2.24) is 0 Å². The van der Waals surface area contributed by atoms with Gasteiger partial charge in [0, 0.05) is 11.1 Å². The summed E-state index contributed by atoms with van der Waals surface area (Å²) in [5, 5.41) is 0. The number of rotatable bonds is 2. The highest BCUT2D eigenvalue weighted by molar-refractivity contribution is 9.10. The van der Waals surface area contributed by atoms with Crippen molar-refractivity contribution >= 4 is 15.9 Å². The van der Waals surface area contributed by atoms with Crippen LogP contribution in [-0.2, 0) is 5.54 Å². The number of ether oxygens (including phenoxy) is 1. The van der Waals surface area contributed by atoms with Crippen LogP contribution in [0.5, 0.6) is 5.75 Å². The molecule has 1 fully saturated rings. The minimum atomic E-state index is -0.147. The molecule has 1 aromatic carbocycles. The highest BCUT2D eigenvalue weighted by Gasteiger charge is 2.43. The Kier molecular flexibility index (Phi) is 2.55. The van der Waals surface area contributed by atoms with Gasteiger partial charge in [-0.1, -0.05) is 6.07 Å². The van der Waals surface area contributed by atoms with Gasteiger partial charge < -0.3 is 10.5 Å². The Hall–Kier alpha value is -0.540. The lowest BCUT2D eigenvalue weighted by Gasteiger charge is -2.18. The maximum atomic E-state index is 6.23. The van der Waals surface area contributed by atoms with Gasteiger partial charge in [0.2, 0.25) is 0 Å². The zero-order chi connectivity index (χ0) is 11.2. The third-order valence-electron chi connectivity index (χ3n) is 3.25. The van der Waals surface area contributed by atoms with Crippen LogP contribution < -0.4 is 10.5 Å². The molecule has 15 heavy (non-hydrogen) atoms. The summed E-state index contributed by atoms with van der Waals surface area (Å²) in [6.07, 6.45) is 2.11. The van der Waals surface area contributed by atoms with Gasteiger partial charge >= 0.3 is 0 Å². The van der Waals surface area contributed by atoms with Gasteiger partial charge in [-0.25, -0.2) is 0 Å². The van der Waals surface area contributed by atoms with Crippen LogP contribution in [0, 0.1) is 13.8 Å². The maximum Gasteiger partial charge on any atom is 0.138 e. The van der Waals surface area contributed by atoms with E-state index in [0.717, 1.165) is 28.6 Å². The molecule has 0 aliphatic heterocycles. The molecule has 1 saturated carbocycles. The zero-order valence-corrected chi connectivity index (χ0v) is 10.9. The van der Waals surface area contributed by atoms with Gasteiger partial charge in [0.25, 0.3) is 0 Å². The molecule has 2 nitrogen and oxygen atoms in total. The van der Waals surface area contributed by atoms with Gasteiger partial charge in [0.15, 0.2) is 0 Å². The number of benzene rings is 1. The van der Waals surface area contributed by atoms with Crippen LogP contribution in [0.4, 0.5) is 0 Å². The van der Waals surface area contributed by atoms with E-state index in [1.54, 1.807) is 7.11 Å². The zero-order valence-electron chi connectivity index (χ0n) is 9.36. The predicted molar refractivity (Wildman–Crippen MR) is 65.3 cm³/mol. The lowest BCUT2D eigenvalue weighted by Crippen LogP contribution is -2.20. The highest BCUT2D eigenvalue weighted by Crippen LogP contribution is 2.49. The van der Waals surface area contributed by atoms with Gasteiger partial charge in [0.1, 0.15) is 5.75 Å². The molecule has 3 heteroatoms. The monoisotopic (exact) mass is 269 g/mol. The lowest BCUT2D eigenvalue weighted by atomic mass is 9.98. The molecule has 0 saturated heterocycles.